The normalized spacial score (nSPS) is 17.3. The van der Waals surface area contributed by atoms with Crippen LogP contribution in [0.15, 0.2) is 0 Å². The second kappa shape index (κ2) is 8.01. The Bertz CT molecular complexity index is 329. The molecule has 0 saturated carbocycles. The predicted octanol–water partition coefficient (Wildman–Crippen LogP) is -2.50. The number of nitrogens with one attached hydrogen (secondary N) is 2. The van der Waals surface area contributed by atoms with Gasteiger partial charge in [-0.1, -0.05) is 0 Å². The molecule has 1 aliphatic rings. The van der Waals surface area contributed by atoms with E-state index in [4.69, 9.17) is 10.2 Å². The Kier molecular flexibility index (Phi) is 7.05. The molecule has 1 saturated heterocycles. The van der Waals surface area contributed by atoms with E-state index in [0.29, 0.717) is 12.8 Å². The van der Waals surface area contributed by atoms with Crippen molar-refractivity contribution < 1.29 is 29.4 Å². The molecular formula is C9H15N3O6. The molecule has 0 aromatic carbocycles. The van der Waals surface area contributed by atoms with Gasteiger partial charge in [-0.25, -0.2) is 4.79 Å². The van der Waals surface area contributed by atoms with Crippen LogP contribution < -0.4 is 16.4 Å². The Hall–Kier alpha value is -2.16. The van der Waals surface area contributed by atoms with Gasteiger partial charge in [-0.15, -0.1) is 0 Å². The van der Waals surface area contributed by atoms with Crippen molar-refractivity contribution in [2.45, 2.75) is 18.9 Å². The molecule has 1 fully saturated rings. The van der Waals surface area contributed by atoms with Crippen molar-refractivity contribution in [3.05, 3.63) is 0 Å². The standard InChI is InChI=1S/C5H7NO3.C4H8N2O3/c7-4-2-1-3(6-4)5(8)9;5-3(7)1-6-2-4(8)9/h3H,1-2H2,(H,6,7)(H,8,9);6H,1-2H2,(H2,5,7)(H,8,9)/t3-;/m0./s1. The van der Waals surface area contributed by atoms with Gasteiger partial charge >= 0.3 is 11.9 Å². The number of rotatable bonds is 5. The van der Waals surface area contributed by atoms with Crippen molar-refractivity contribution in [2.24, 2.45) is 5.73 Å². The lowest BCUT2D eigenvalue weighted by atomic mass is 10.2. The predicted molar refractivity (Wildman–Crippen MR) is 58.5 cm³/mol. The smallest absolute Gasteiger partial charge is 0.326 e. The van der Waals surface area contributed by atoms with E-state index < -0.39 is 23.9 Å². The summed E-state index contributed by atoms with van der Waals surface area (Å²) >= 11 is 0. The minimum absolute atomic E-state index is 0.0910. The van der Waals surface area contributed by atoms with Gasteiger partial charge < -0.3 is 21.3 Å². The largest absolute Gasteiger partial charge is 0.480 e. The highest BCUT2D eigenvalue weighted by Gasteiger charge is 2.26. The molecule has 0 spiro atoms. The van der Waals surface area contributed by atoms with Crippen LogP contribution in [0.2, 0.25) is 0 Å². The van der Waals surface area contributed by atoms with Gasteiger partial charge in [-0.3, -0.25) is 19.7 Å². The number of primary amides is 1. The lowest BCUT2D eigenvalue weighted by Crippen LogP contribution is -2.32. The van der Waals surface area contributed by atoms with Crippen LogP contribution in [-0.4, -0.2) is 53.1 Å². The molecule has 0 unspecified atom stereocenters. The molecule has 1 aliphatic heterocycles. The molecule has 9 heteroatoms. The maximum atomic E-state index is 10.4. The highest BCUT2D eigenvalue weighted by Crippen LogP contribution is 2.05. The molecule has 1 atom stereocenters. The lowest BCUT2D eigenvalue weighted by molar-refractivity contribution is -0.140. The number of carboxylic acids is 2. The number of carbonyl (C=O) groups is 4. The zero-order chi connectivity index (χ0) is 14.1. The number of hydrogen-bond donors (Lipinski definition) is 5. The van der Waals surface area contributed by atoms with Gasteiger partial charge in [-0.2, -0.15) is 0 Å². The van der Waals surface area contributed by atoms with E-state index in [0.717, 1.165) is 0 Å². The Labute approximate surface area is 102 Å². The third-order valence-electron chi connectivity index (χ3n) is 1.87. The number of carbonyl (C=O) groups excluding carboxylic acids is 2. The van der Waals surface area contributed by atoms with Gasteiger partial charge in [0.1, 0.15) is 6.04 Å². The summed E-state index contributed by atoms with van der Waals surface area (Å²) in [5, 5.41) is 21.0. The Morgan fingerprint density at radius 1 is 1.33 bits per heavy atom. The first-order chi connectivity index (χ1) is 8.32. The number of aliphatic carboxylic acids is 2. The van der Waals surface area contributed by atoms with Crippen LogP contribution >= 0.6 is 0 Å². The van der Waals surface area contributed by atoms with E-state index in [1.54, 1.807) is 0 Å². The summed E-state index contributed by atoms with van der Waals surface area (Å²) in [5.41, 5.74) is 4.68. The van der Waals surface area contributed by atoms with Gasteiger partial charge in [0.05, 0.1) is 13.1 Å². The summed E-state index contributed by atoms with van der Waals surface area (Å²) in [5.74, 6) is -2.67. The highest BCUT2D eigenvalue weighted by atomic mass is 16.4. The van der Waals surface area contributed by atoms with Crippen molar-refractivity contribution in [1.29, 1.82) is 0 Å². The van der Waals surface area contributed by atoms with Crippen LogP contribution in [0.4, 0.5) is 0 Å². The van der Waals surface area contributed by atoms with Crippen molar-refractivity contribution in [1.82, 2.24) is 10.6 Å². The van der Waals surface area contributed by atoms with E-state index in [1.807, 2.05) is 0 Å². The Morgan fingerprint density at radius 3 is 2.22 bits per heavy atom. The van der Waals surface area contributed by atoms with E-state index in [2.05, 4.69) is 16.4 Å². The molecule has 0 aliphatic carbocycles. The first kappa shape index (κ1) is 15.8. The summed E-state index contributed by atoms with van der Waals surface area (Å²) in [6.45, 7) is -0.324. The van der Waals surface area contributed by atoms with E-state index in [1.165, 1.54) is 0 Å². The molecule has 102 valence electrons. The van der Waals surface area contributed by atoms with Crippen LogP contribution in [0.3, 0.4) is 0 Å². The van der Waals surface area contributed by atoms with E-state index >= 15 is 0 Å². The Balaban J connectivity index is 0.000000321. The van der Waals surface area contributed by atoms with Crippen LogP contribution in [-0.2, 0) is 19.2 Å². The first-order valence-corrected chi connectivity index (χ1v) is 5.06. The van der Waals surface area contributed by atoms with Crippen LogP contribution in [0, 0.1) is 0 Å². The van der Waals surface area contributed by atoms with Crippen LogP contribution in [0.5, 0.6) is 0 Å². The second-order valence-electron chi connectivity index (χ2n) is 3.46. The number of amides is 2. The fourth-order valence-electron chi connectivity index (χ4n) is 1.09. The topological polar surface area (TPSA) is 159 Å². The molecule has 0 bridgehead atoms. The lowest BCUT2D eigenvalue weighted by Gasteiger charge is -1.99. The summed E-state index contributed by atoms with van der Waals surface area (Å²) in [6.07, 6.45) is 0.769. The minimum atomic E-state index is -1.00. The van der Waals surface area contributed by atoms with Crippen molar-refractivity contribution in [2.75, 3.05) is 13.1 Å². The second-order valence-corrected chi connectivity index (χ2v) is 3.46. The third-order valence-corrected chi connectivity index (χ3v) is 1.87. The van der Waals surface area contributed by atoms with Gasteiger partial charge in [0, 0.05) is 6.42 Å². The molecule has 1 rings (SSSR count). The first-order valence-electron chi connectivity index (χ1n) is 5.06. The maximum absolute atomic E-state index is 10.4. The van der Waals surface area contributed by atoms with Crippen molar-refractivity contribution in [3.8, 4) is 0 Å². The fourth-order valence-corrected chi connectivity index (χ4v) is 1.09. The molecular weight excluding hydrogens is 246 g/mol. The Morgan fingerprint density at radius 2 is 1.94 bits per heavy atom. The zero-order valence-corrected chi connectivity index (χ0v) is 9.51. The molecule has 0 aromatic heterocycles. The SMILES string of the molecule is NC(=O)CNCC(=O)O.O=C1CC[C@@H](C(=O)O)N1. The van der Waals surface area contributed by atoms with Crippen LogP contribution in [0.25, 0.3) is 0 Å². The number of hydrogen-bond acceptors (Lipinski definition) is 5. The monoisotopic (exact) mass is 261 g/mol. The molecule has 18 heavy (non-hydrogen) atoms. The van der Waals surface area contributed by atoms with Gasteiger partial charge in [-0.05, 0) is 6.42 Å². The number of nitrogens with two attached hydrogens (primary N) is 1. The average Bonchev–Trinajstić information content (AvgIpc) is 2.64. The summed E-state index contributed by atoms with van der Waals surface area (Å²) in [6, 6.07) is -0.641. The van der Waals surface area contributed by atoms with Crippen molar-refractivity contribution in [3.63, 3.8) is 0 Å². The zero-order valence-electron chi connectivity index (χ0n) is 9.51. The highest BCUT2D eigenvalue weighted by molar-refractivity contribution is 5.87. The quantitative estimate of drug-likeness (QED) is 0.365. The molecule has 9 nitrogen and oxygen atoms in total. The fraction of sp³-hybridized carbons (Fsp3) is 0.556. The maximum Gasteiger partial charge on any atom is 0.326 e. The van der Waals surface area contributed by atoms with Gasteiger partial charge in [0.2, 0.25) is 11.8 Å². The molecule has 6 N–H and O–H groups in total. The molecule has 2 amide bonds. The molecule has 1 heterocycles. The number of carboxylic acid groups (broad SMARTS) is 2. The van der Waals surface area contributed by atoms with Crippen LogP contribution in [0.1, 0.15) is 12.8 Å². The minimum Gasteiger partial charge on any atom is -0.480 e. The summed E-state index contributed by atoms with van der Waals surface area (Å²) < 4.78 is 0. The van der Waals surface area contributed by atoms with E-state index in [-0.39, 0.29) is 19.0 Å². The molecule has 0 radical (unpaired) electrons. The van der Waals surface area contributed by atoms with Gasteiger partial charge in [0.25, 0.3) is 0 Å². The average molecular weight is 261 g/mol. The van der Waals surface area contributed by atoms with Gasteiger partial charge in [0.15, 0.2) is 0 Å². The van der Waals surface area contributed by atoms with E-state index in [9.17, 15) is 19.2 Å². The molecule has 0 aromatic rings. The summed E-state index contributed by atoms with van der Waals surface area (Å²) in [4.78, 5) is 40.2. The summed E-state index contributed by atoms with van der Waals surface area (Å²) in [7, 11) is 0. The van der Waals surface area contributed by atoms with Crippen molar-refractivity contribution >= 4 is 23.8 Å². The third kappa shape index (κ3) is 8.05.